The van der Waals surface area contributed by atoms with E-state index in [9.17, 15) is 4.79 Å². The van der Waals surface area contributed by atoms with Gasteiger partial charge in [-0.2, -0.15) is 0 Å². The van der Waals surface area contributed by atoms with Gasteiger partial charge in [-0.25, -0.2) is 0 Å². The van der Waals surface area contributed by atoms with Crippen LogP contribution in [0.2, 0.25) is 5.02 Å². The quantitative estimate of drug-likeness (QED) is 0.704. The Kier molecular flexibility index (Phi) is 3.88. The molecule has 94 valence electrons. The Morgan fingerprint density at radius 1 is 1.22 bits per heavy atom. The highest BCUT2D eigenvalue weighted by molar-refractivity contribution is 7.17. The van der Waals surface area contributed by atoms with Gasteiger partial charge in [-0.3, -0.25) is 4.79 Å². The fourth-order valence-electron chi connectivity index (χ4n) is 1.73. The van der Waals surface area contributed by atoms with E-state index in [1.807, 2.05) is 45.0 Å². The number of aryl methyl sites for hydroxylation is 1. The van der Waals surface area contributed by atoms with Crippen LogP contribution >= 0.6 is 22.9 Å². The van der Waals surface area contributed by atoms with Gasteiger partial charge in [0.1, 0.15) is 0 Å². The lowest BCUT2D eigenvalue weighted by Crippen LogP contribution is -2.04. The van der Waals surface area contributed by atoms with Crippen molar-refractivity contribution in [2.45, 2.75) is 20.8 Å². The first-order valence-electron chi connectivity index (χ1n) is 5.89. The van der Waals surface area contributed by atoms with Crippen LogP contribution in [0.4, 0.5) is 0 Å². The molecule has 1 nitrogen and oxygen atoms in total. The zero-order valence-electron chi connectivity index (χ0n) is 10.7. The average Bonchev–Trinajstić information content (AvgIpc) is 2.80. The second-order valence-electron chi connectivity index (χ2n) is 4.67. The Labute approximate surface area is 116 Å². The largest absolute Gasteiger partial charge is 0.293 e. The van der Waals surface area contributed by atoms with Gasteiger partial charge < -0.3 is 0 Å². The molecule has 3 heteroatoms. The summed E-state index contributed by atoms with van der Waals surface area (Å²) < 4.78 is 0. The van der Waals surface area contributed by atoms with Gasteiger partial charge in [0.05, 0.1) is 4.88 Å². The highest BCUT2D eigenvalue weighted by atomic mass is 35.5. The minimum Gasteiger partial charge on any atom is -0.293 e. The number of thiophene rings is 1. The minimum absolute atomic E-state index is 0.0319. The molecule has 2 rings (SSSR count). The van der Waals surface area contributed by atoms with E-state index < -0.39 is 0 Å². The highest BCUT2D eigenvalue weighted by Gasteiger charge is 2.14. The molecule has 0 aliphatic rings. The van der Waals surface area contributed by atoms with Crippen molar-refractivity contribution in [1.29, 1.82) is 0 Å². The maximum absolute atomic E-state index is 11.9. The van der Waals surface area contributed by atoms with Crippen molar-refractivity contribution < 1.29 is 4.79 Å². The summed E-state index contributed by atoms with van der Waals surface area (Å²) in [6.45, 7) is 5.87. The van der Waals surface area contributed by atoms with Crippen molar-refractivity contribution in [3.8, 4) is 10.4 Å². The molecule has 0 aliphatic heterocycles. The molecule has 18 heavy (non-hydrogen) atoms. The lowest BCUT2D eigenvalue weighted by Gasteiger charge is -2.03. The van der Waals surface area contributed by atoms with Gasteiger partial charge in [0, 0.05) is 21.4 Å². The molecule has 0 bridgehead atoms. The molecule has 0 atom stereocenters. The van der Waals surface area contributed by atoms with Gasteiger partial charge in [0.2, 0.25) is 0 Å². The van der Waals surface area contributed by atoms with Crippen LogP contribution in [0.1, 0.15) is 29.1 Å². The Bertz CT molecular complexity index is 584. The maximum Gasteiger partial charge on any atom is 0.175 e. The number of hydrogen-bond acceptors (Lipinski definition) is 2. The van der Waals surface area contributed by atoms with Crippen LogP contribution in [0.15, 0.2) is 30.3 Å². The first kappa shape index (κ1) is 13.3. The van der Waals surface area contributed by atoms with Gasteiger partial charge in [0.25, 0.3) is 0 Å². The zero-order chi connectivity index (χ0) is 13.3. The predicted octanol–water partition coefficient (Wildman–Crippen LogP) is 5.22. The molecule has 0 N–H and O–H groups in total. The number of benzene rings is 1. The first-order chi connectivity index (χ1) is 8.49. The van der Waals surface area contributed by atoms with E-state index in [-0.39, 0.29) is 11.7 Å². The number of rotatable bonds is 3. The van der Waals surface area contributed by atoms with E-state index in [0.29, 0.717) is 0 Å². The summed E-state index contributed by atoms with van der Waals surface area (Å²) in [5, 5.41) is 0.728. The summed E-state index contributed by atoms with van der Waals surface area (Å²) in [7, 11) is 0. The number of carbonyl (C=O) groups is 1. The molecule has 0 saturated heterocycles. The standard InChI is InChI=1S/C15H15ClOS/c1-9(2)15(17)14-7-6-13(18-14)11-8-10(3)4-5-12(11)16/h4-9H,1-3H3. The Morgan fingerprint density at radius 3 is 2.61 bits per heavy atom. The Morgan fingerprint density at radius 2 is 1.94 bits per heavy atom. The molecule has 2 aromatic rings. The second-order valence-corrected chi connectivity index (χ2v) is 6.16. The summed E-state index contributed by atoms with van der Waals surface area (Å²) in [4.78, 5) is 13.8. The minimum atomic E-state index is 0.0319. The SMILES string of the molecule is Cc1ccc(Cl)c(-c2ccc(C(=O)C(C)C)s2)c1. The summed E-state index contributed by atoms with van der Waals surface area (Å²) in [5.41, 5.74) is 2.17. The molecule has 0 aliphatic carbocycles. The van der Waals surface area contributed by atoms with E-state index in [1.54, 1.807) is 0 Å². The van der Waals surface area contributed by atoms with Gasteiger partial charge in [-0.05, 0) is 31.2 Å². The fourth-order valence-corrected chi connectivity index (χ4v) is 3.13. The van der Waals surface area contributed by atoms with Crippen LogP contribution in [0.5, 0.6) is 0 Å². The smallest absolute Gasteiger partial charge is 0.175 e. The molecule has 0 fully saturated rings. The fraction of sp³-hybridized carbons (Fsp3) is 0.267. The third-order valence-corrected chi connectivity index (χ3v) is 4.22. The summed E-state index contributed by atoms with van der Waals surface area (Å²) in [6.07, 6.45) is 0. The number of carbonyl (C=O) groups excluding carboxylic acids is 1. The summed E-state index contributed by atoms with van der Waals surface area (Å²) in [5.74, 6) is 0.222. The predicted molar refractivity (Wildman–Crippen MR) is 78.7 cm³/mol. The van der Waals surface area contributed by atoms with Crippen molar-refractivity contribution in [1.82, 2.24) is 0 Å². The van der Waals surface area contributed by atoms with E-state index in [0.717, 1.165) is 20.3 Å². The van der Waals surface area contributed by atoms with E-state index >= 15 is 0 Å². The Hall–Kier alpha value is -1.12. The molecule has 1 heterocycles. The molecule has 0 radical (unpaired) electrons. The second kappa shape index (κ2) is 5.25. The first-order valence-corrected chi connectivity index (χ1v) is 7.09. The highest BCUT2D eigenvalue weighted by Crippen LogP contribution is 2.34. The summed E-state index contributed by atoms with van der Waals surface area (Å²) in [6, 6.07) is 9.80. The molecule has 0 unspecified atom stereocenters. The van der Waals surface area contributed by atoms with Crippen LogP contribution < -0.4 is 0 Å². The van der Waals surface area contributed by atoms with Crippen molar-refractivity contribution in [3.05, 3.63) is 45.8 Å². The normalized spacial score (nSPS) is 10.9. The molecule has 0 spiro atoms. The lowest BCUT2D eigenvalue weighted by molar-refractivity contribution is 0.0943. The van der Waals surface area contributed by atoms with Crippen LogP contribution in [0.25, 0.3) is 10.4 Å². The molecule has 1 aromatic heterocycles. The summed E-state index contributed by atoms with van der Waals surface area (Å²) >= 11 is 7.72. The third kappa shape index (κ3) is 2.65. The van der Waals surface area contributed by atoms with Crippen LogP contribution in [0.3, 0.4) is 0 Å². The molecule has 0 amide bonds. The Balaban J connectivity index is 2.41. The number of Topliss-reactive ketones (excluding diaryl/α,β-unsaturated/α-hetero) is 1. The van der Waals surface area contributed by atoms with E-state index in [2.05, 4.69) is 6.07 Å². The average molecular weight is 279 g/mol. The molecular weight excluding hydrogens is 264 g/mol. The van der Waals surface area contributed by atoms with Gasteiger partial charge in [-0.1, -0.05) is 37.1 Å². The van der Waals surface area contributed by atoms with Gasteiger partial charge >= 0.3 is 0 Å². The topological polar surface area (TPSA) is 17.1 Å². The van der Waals surface area contributed by atoms with Gasteiger partial charge in [-0.15, -0.1) is 11.3 Å². The lowest BCUT2D eigenvalue weighted by atomic mass is 10.1. The van der Waals surface area contributed by atoms with E-state index in [4.69, 9.17) is 11.6 Å². The monoisotopic (exact) mass is 278 g/mol. The number of ketones is 1. The van der Waals surface area contributed by atoms with Gasteiger partial charge in [0.15, 0.2) is 5.78 Å². The van der Waals surface area contributed by atoms with Crippen molar-refractivity contribution in [2.75, 3.05) is 0 Å². The van der Waals surface area contributed by atoms with Crippen molar-refractivity contribution in [3.63, 3.8) is 0 Å². The number of hydrogen-bond donors (Lipinski definition) is 0. The van der Waals surface area contributed by atoms with Crippen LogP contribution in [-0.4, -0.2) is 5.78 Å². The molecule has 1 aromatic carbocycles. The number of halogens is 1. The zero-order valence-corrected chi connectivity index (χ0v) is 12.2. The van der Waals surface area contributed by atoms with Crippen LogP contribution in [0, 0.1) is 12.8 Å². The van der Waals surface area contributed by atoms with E-state index in [1.165, 1.54) is 16.9 Å². The maximum atomic E-state index is 11.9. The third-order valence-electron chi connectivity index (χ3n) is 2.76. The van der Waals surface area contributed by atoms with Crippen molar-refractivity contribution >= 4 is 28.7 Å². The molecular formula is C15H15ClOS. The van der Waals surface area contributed by atoms with Crippen molar-refractivity contribution in [2.24, 2.45) is 5.92 Å². The molecule has 0 saturated carbocycles. The van der Waals surface area contributed by atoms with Crippen LogP contribution in [-0.2, 0) is 0 Å².